The summed E-state index contributed by atoms with van der Waals surface area (Å²) >= 11 is 0. The molecule has 0 saturated heterocycles. The molecule has 0 radical (unpaired) electrons. The van der Waals surface area contributed by atoms with Crippen LogP contribution in [0.15, 0.2) is 42.5 Å². The third-order valence-electron chi connectivity index (χ3n) is 4.17. The molecule has 0 aromatic heterocycles. The zero-order valence-corrected chi connectivity index (χ0v) is 12.1. The molecular formula is C18H21NO. The molecule has 2 nitrogen and oxygen atoms in total. The van der Waals surface area contributed by atoms with E-state index in [0.29, 0.717) is 0 Å². The number of fused-ring (bicyclic) bond motifs is 1. The van der Waals surface area contributed by atoms with E-state index in [-0.39, 0.29) is 6.10 Å². The second-order valence-electron chi connectivity index (χ2n) is 5.44. The second-order valence-corrected chi connectivity index (χ2v) is 5.44. The van der Waals surface area contributed by atoms with Crippen LogP contribution >= 0.6 is 0 Å². The summed E-state index contributed by atoms with van der Waals surface area (Å²) in [6.07, 6.45) is 1.18. The van der Waals surface area contributed by atoms with Gasteiger partial charge < -0.3 is 10.1 Å². The van der Waals surface area contributed by atoms with Gasteiger partial charge in [0.25, 0.3) is 0 Å². The lowest BCUT2D eigenvalue weighted by atomic mass is 9.97. The van der Waals surface area contributed by atoms with E-state index in [2.05, 4.69) is 61.6 Å². The van der Waals surface area contributed by atoms with E-state index in [1.54, 1.807) is 0 Å². The third kappa shape index (κ3) is 2.56. The first-order valence-corrected chi connectivity index (χ1v) is 7.25. The van der Waals surface area contributed by atoms with Gasteiger partial charge in [0.15, 0.2) is 0 Å². The SMILES string of the molecule is Cc1cccc(NCC2OCCc3ccccc32)c1C. The van der Waals surface area contributed by atoms with E-state index in [1.165, 1.54) is 27.9 Å². The molecular weight excluding hydrogens is 246 g/mol. The molecule has 2 heteroatoms. The smallest absolute Gasteiger partial charge is 0.0999 e. The average molecular weight is 267 g/mol. The Morgan fingerprint density at radius 3 is 2.85 bits per heavy atom. The van der Waals surface area contributed by atoms with Crippen LogP contribution in [0.5, 0.6) is 0 Å². The molecule has 0 bridgehead atoms. The van der Waals surface area contributed by atoms with Crippen molar-refractivity contribution >= 4 is 5.69 Å². The number of nitrogens with one attached hydrogen (secondary N) is 1. The van der Waals surface area contributed by atoms with E-state index in [0.717, 1.165) is 19.6 Å². The minimum absolute atomic E-state index is 0.153. The van der Waals surface area contributed by atoms with E-state index >= 15 is 0 Å². The second kappa shape index (κ2) is 5.68. The lowest BCUT2D eigenvalue weighted by molar-refractivity contribution is 0.0513. The van der Waals surface area contributed by atoms with Gasteiger partial charge in [0, 0.05) is 12.2 Å². The van der Waals surface area contributed by atoms with Crippen molar-refractivity contribution in [1.82, 2.24) is 0 Å². The first-order chi connectivity index (χ1) is 9.75. The molecule has 2 aromatic rings. The van der Waals surface area contributed by atoms with Crippen molar-refractivity contribution in [2.75, 3.05) is 18.5 Å². The normalized spacial score (nSPS) is 17.6. The fraction of sp³-hybridized carbons (Fsp3) is 0.333. The van der Waals surface area contributed by atoms with Gasteiger partial charge in [-0.3, -0.25) is 0 Å². The van der Waals surface area contributed by atoms with Crippen LogP contribution in [-0.4, -0.2) is 13.2 Å². The van der Waals surface area contributed by atoms with E-state index in [1.807, 2.05) is 0 Å². The van der Waals surface area contributed by atoms with Crippen molar-refractivity contribution < 1.29 is 4.74 Å². The molecule has 0 fully saturated rings. The van der Waals surface area contributed by atoms with Crippen molar-refractivity contribution in [2.45, 2.75) is 26.4 Å². The molecule has 0 spiro atoms. The topological polar surface area (TPSA) is 21.3 Å². The fourth-order valence-corrected chi connectivity index (χ4v) is 2.79. The average Bonchev–Trinajstić information content (AvgIpc) is 2.49. The highest BCUT2D eigenvalue weighted by molar-refractivity contribution is 5.54. The highest BCUT2D eigenvalue weighted by Crippen LogP contribution is 2.28. The van der Waals surface area contributed by atoms with Gasteiger partial charge in [0.05, 0.1) is 12.7 Å². The van der Waals surface area contributed by atoms with Crippen molar-refractivity contribution in [3.05, 3.63) is 64.7 Å². The standard InChI is InChI=1S/C18H21NO/c1-13-6-5-9-17(14(13)2)19-12-18-16-8-4-3-7-15(16)10-11-20-18/h3-9,18-19H,10-12H2,1-2H3. The molecule has 3 rings (SSSR count). The maximum Gasteiger partial charge on any atom is 0.0999 e. The molecule has 0 aliphatic carbocycles. The summed E-state index contributed by atoms with van der Waals surface area (Å²) in [7, 11) is 0. The number of anilines is 1. The molecule has 1 atom stereocenters. The molecule has 1 aliphatic rings. The van der Waals surface area contributed by atoms with Crippen LogP contribution in [0.25, 0.3) is 0 Å². The summed E-state index contributed by atoms with van der Waals surface area (Å²) in [5, 5.41) is 3.54. The van der Waals surface area contributed by atoms with Gasteiger partial charge in [-0.05, 0) is 48.6 Å². The Balaban J connectivity index is 1.75. The summed E-state index contributed by atoms with van der Waals surface area (Å²) in [5.41, 5.74) is 6.59. The number of ether oxygens (including phenoxy) is 1. The molecule has 1 heterocycles. The van der Waals surface area contributed by atoms with Gasteiger partial charge in [0.2, 0.25) is 0 Å². The lowest BCUT2D eigenvalue weighted by Gasteiger charge is -2.27. The summed E-state index contributed by atoms with van der Waals surface area (Å²) in [6.45, 7) is 5.94. The highest BCUT2D eigenvalue weighted by atomic mass is 16.5. The van der Waals surface area contributed by atoms with Crippen LogP contribution in [0.2, 0.25) is 0 Å². The Kier molecular flexibility index (Phi) is 3.75. The van der Waals surface area contributed by atoms with Crippen molar-refractivity contribution in [2.24, 2.45) is 0 Å². The Hall–Kier alpha value is -1.80. The van der Waals surface area contributed by atoms with Crippen LogP contribution in [0.1, 0.15) is 28.4 Å². The highest BCUT2D eigenvalue weighted by Gasteiger charge is 2.20. The summed E-state index contributed by atoms with van der Waals surface area (Å²) in [4.78, 5) is 0. The quantitative estimate of drug-likeness (QED) is 0.906. The Morgan fingerprint density at radius 2 is 1.95 bits per heavy atom. The van der Waals surface area contributed by atoms with Gasteiger partial charge in [-0.25, -0.2) is 0 Å². The Labute approximate surface area is 120 Å². The molecule has 1 aliphatic heterocycles. The van der Waals surface area contributed by atoms with Crippen molar-refractivity contribution in [3.8, 4) is 0 Å². The zero-order valence-electron chi connectivity index (χ0n) is 12.1. The van der Waals surface area contributed by atoms with Crippen LogP contribution in [0.4, 0.5) is 5.69 Å². The zero-order chi connectivity index (χ0) is 13.9. The Bertz CT molecular complexity index is 606. The predicted molar refractivity (Wildman–Crippen MR) is 83.2 cm³/mol. The predicted octanol–water partition coefficient (Wildman–Crippen LogP) is 4.03. The number of hydrogen-bond donors (Lipinski definition) is 1. The number of hydrogen-bond acceptors (Lipinski definition) is 2. The number of rotatable bonds is 3. The van der Waals surface area contributed by atoms with Crippen LogP contribution in [-0.2, 0) is 11.2 Å². The first-order valence-electron chi connectivity index (χ1n) is 7.25. The van der Waals surface area contributed by atoms with E-state index in [4.69, 9.17) is 4.74 Å². The monoisotopic (exact) mass is 267 g/mol. The molecule has 1 N–H and O–H groups in total. The van der Waals surface area contributed by atoms with E-state index in [9.17, 15) is 0 Å². The largest absolute Gasteiger partial charge is 0.382 e. The number of benzene rings is 2. The summed E-state index contributed by atoms with van der Waals surface area (Å²) in [6, 6.07) is 15.0. The van der Waals surface area contributed by atoms with Crippen LogP contribution < -0.4 is 5.32 Å². The molecule has 104 valence electrons. The molecule has 0 amide bonds. The van der Waals surface area contributed by atoms with E-state index < -0.39 is 0 Å². The molecule has 20 heavy (non-hydrogen) atoms. The first kappa shape index (κ1) is 13.2. The van der Waals surface area contributed by atoms with Gasteiger partial charge in [-0.15, -0.1) is 0 Å². The lowest BCUT2D eigenvalue weighted by Crippen LogP contribution is -2.23. The van der Waals surface area contributed by atoms with Gasteiger partial charge in [0.1, 0.15) is 0 Å². The molecule has 2 aromatic carbocycles. The maximum atomic E-state index is 5.93. The van der Waals surface area contributed by atoms with Crippen LogP contribution in [0.3, 0.4) is 0 Å². The van der Waals surface area contributed by atoms with Crippen molar-refractivity contribution in [1.29, 1.82) is 0 Å². The molecule has 1 unspecified atom stereocenters. The summed E-state index contributed by atoms with van der Waals surface area (Å²) in [5.74, 6) is 0. The Morgan fingerprint density at radius 1 is 1.10 bits per heavy atom. The minimum Gasteiger partial charge on any atom is -0.382 e. The number of aryl methyl sites for hydroxylation is 1. The van der Waals surface area contributed by atoms with Gasteiger partial charge >= 0.3 is 0 Å². The summed E-state index contributed by atoms with van der Waals surface area (Å²) < 4.78 is 5.93. The third-order valence-corrected chi connectivity index (χ3v) is 4.17. The van der Waals surface area contributed by atoms with Crippen molar-refractivity contribution in [3.63, 3.8) is 0 Å². The molecule has 0 saturated carbocycles. The fourth-order valence-electron chi connectivity index (χ4n) is 2.79. The van der Waals surface area contributed by atoms with Crippen LogP contribution in [0, 0.1) is 13.8 Å². The van der Waals surface area contributed by atoms with Gasteiger partial charge in [-0.1, -0.05) is 36.4 Å². The maximum absolute atomic E-state index is 5.93. The minimum atomic E-state index is 0.153. The van der Waals surface area contributed by atoms with Gasteiger partial charge in [-0.2, -0.15) is 0 Å².